The normalized spacial score (nSPS) is 11.4. The van der Waals surface area contributed by atoms with E-state index in [1.807, 2.05) is 30.1 Å². The van der Waals surface area contributed by atoms with Gasteiger partial charge in [0.1, 0.15) is 0 Å². The molecule has 124 valence electrons. The minimum Gasteiger partial charge on any atom is -0.504 e. The summed E-state index contributed by atoms with van der Waals surface area (Å²) in [5.74, 6) is 1.36. The molecule has 0 amide bonds. The van der Waals surface area contributed by atoms with Crippen LogP contribution in [0, 0.1) is 0 Å². The highest BCUT2D eigenvalue weighted by molar-refractivity contribution is 7.16. The molecular weight excluding hydrogens is 334 g/mol. The summed E-state index contributed by atoms with van der Waals surface area (Å²) in [6.07, 6.45) is 0. The molecule has 0 aliphatic heterocycles. The maximum atomic E-state index is 9.82. The van der Waals surface area contributed by atoms with Gasteiger partial charge in [0.2, 0.25) is 0 Å². The first-order valence-electron chi connectivity index (χ1n) is 7.05. The van der Waals surface area contributed by atoms with Crippen LogP contribution in [0.5, 0.6) is 11.5 Å². The first-order chi connectivity index (χ1) is 11.0. The van der Waals surface area contributed by atoms with E-state index in [0.717, 1.165) is 22.4 Å². The number of benzene rings is 1. The molecule has 0 bridgehead atoms. The highest BCUT2D eigenvalue weighted by Crippen LogP contribution is 2.26. The average molecular weight is 354 g/mol. The Morgan fingerprint density at radius 3 is 2.74 bits per heavy atom. The monoisotopic (exact) mass is 353 g/mol. The number of phenols is 1. The van der Waals surface area contributed by atoms with Gasteiger partial charge in [0.05, 0.1) is 18.0 Å². The molecule has 0 saturated carbocycles. The second-order valence-corrected chi connectivity index (χ2v) is 6.77. The van der Waals surface area contributed by atoms with Crippen molar-refractivity contribution in [2.45, 2.75) is 13.1 Å². The van der Waals surface area contributed by atoms with E-state index >= 15 is 0 Å². The lowest BCUT2D eigenvalue weighted by molar-refractivity contribution is 0.373. The van der Waals surface area contributed by atoms with E-state index in [-0.39, 0.29) is 5.75 Å². The van der Waals surface area contributed by atoms with Gasteiger partial charge in [-0.1, -0.05) is 17.7 Å². The van der Waals surface area contributed by atoms with E-state index in [4.69, 9.17) is 16.3 Å². The third-order valence-electron chi connectivity index (χ3n) is 3.29. The summed E-state index contributed by atoms with van der Waals surface area (Å²) in [7, 11) is 5.24. The Kier molecular flexibility index (Phi) is 6.12. The Hall–Kier alpha value is -1.92. The van der Waals surface area contributed by atoms with Gasteiger partial charge >= 0.3 is 0 Å². The Labute approximate surface area is 145 Å². The molecule has 7 heteroatoms. The van der Waals surface area contributed by atoms with Crippen molar-refractivity contribution in [2.75, 3.05) is 21.2 Å². The van der Waals surface area contributed by atoms with Gasteiger partial charge in [-0.05, 0) is 29.8 Å². The molecule has 0 unspecified atom stereocenters. The SMILES string of the molecule is CN=C(NCc1ccc(OC)c(O)c1)N(C)Cc1ccc(Cl)s1. The number of guanidine groups is 1. The molecule has 2 aromatic rings. The van der Waals surface area contributed by atoms with E-state index in [9.17, 15) is 5.11 Å². The molecule has 0 saturated heterocycles. The summed E-state index contributed by atoms with van der Waals surface area (Å²) >= 11 is 7.52. The van der Waals surface area contributed by atoms with Crippen LogP contribution in [-0.2, 0) is 13.1 Å². The number of halogens is 1. The zero-order valence-electron chi connectivity index (χ0n) is 13.3. The van der Waals surface area contributed by atoms with Gasteiger partial charge in [-0.3, -0.25) is 4.99 Å². The zero-order valence-corrected chi connectivity index (χ0v) is 14.9. The van der Waals surface area contributed by atoms with Gasteiger partial charge in [0.25, 0.3) is 0 Å². The summed E-state index contributed by atoms with van der Waals surface area (Å²) in [4.78, 5) is 7.47. The molecular formula is C16H20ClN3O2S. The van der Waals surface area contributed by atoms with Crippen LogP contribution in [0.2, 0.25) is 4.34 Å². The zero-order chi connectivity index (χ0) is 16.8. The largest absolute Gasteiger partial charge is 0.504 e. The quantitative estimate of drug-likeness (QED) is 0.639. The number of hydrogen-bond donors (Lipinski definition) is 2. The average Bonchev–Trinajstić information content (AvgIpc) is 2.93. The molecule has 0 aliphatic carbocycles. The number of ether oxygens (including phenoxy) is 1. The lowest BCUT2D eigenvalue weighted by atomic mass is 10.2. The number of aliphatic imine (C=N–C) groups is 1. The lowest BCUT2D eigenvalue weighted by Gasteiger charge is -2.21. The topological polar surface area (TPSA) is 57.1 Å². The van der Waals surface area contributed by atoms with E-state index < -0.39 is 0 Å². The van der Waals surface area contributed by atoms with Crippen molar-refractivity contribution in [3.63, 3.8) is 0 Å². The molecule has 5 nitrogen and oxygen atoms in total. The summed E-state index contributed by atoms with van der Waals surface area (Å²) in [5.41, 5.74) is 0.942. The predicted octanol–water partition coefficient (Wildman–Crippen LogP) is 3.32. The van der Waals surface area contributed by atoms with Gasteiger partial charge in [-0.2, -0.15) is 0 Å². The number of nitrogens with zero attached hydrogens (tertiary/aromatic N) is 2. The smallest absolute Gasteiger partial charge is 0.193 e. The predicted molar refractivity (Wildman–Crippen MR) is 95.7 cm³/mol. The van der Waals surface area contributed by atoms with Gasteiger partial charge in [0, 0.05) is 25.5 Å². The minimum absolute atomic E-state index is 0.128. The van der Waals surface area contributed by atoms with Gasteiger partial charge in [-0.15, -0.1) is 11.3 Å². The number of rotatable bonds is 5. The standard InChI is InChI=1S/C16H20ClN3O2S/c1-18-16(20(2)10-12-5-7-15(17)23-12)19-9-11-4-6-14(22-3)13(21)8-11/h4-8,21H,9-10H2,1-3H3,(H,18,19). The van der Waals surface area contributed by atoms with Crippen molar-refractivity contribution in [3.8, 4) is 11.5 Å². The maximum Gasteiger partial charge on any atom is 0.193 e. The van der Waals surface area contributed by atoms with Crippen LogP contribution in [0.1, 0.15) is 10.4 Å². The number of phenolic OH excluding ortho intramolecular Hbond substituents is 1. The molecule has 0 atom stereocenters. The molecule has 0 radical (unpaired) electrons. The lowest BCUT2D eigenvalue weighted by Crippen LogP contribution is -2.37. The molecule has 1 heterocycles. The second-order valence-electron chi connectivity index (χ2n) is 4.97. The molecule has 2 rings (SSSR count). The van der Waals surface area contributed by atoms with E-state index in [0.29, 0.717) is 12.3 Å². The molecule has 1 aromatic carbocycles. The van der Waals surface area contributed by atoms with Crippen molar-refractivity contribution in [1.82, 2.24) is 10.2 Å². The molecule has 0 fully saturated rings. The van der Waals surface area contributed by atoms with Crippen molar-refractivity contribution >= 4 is 28.9 Å². The van der Waals surface area contributed by atoms with Crippen LogP contribution < -0.4 is 10.1 Å². The third-order valence-corrected chi connectivity index (χ3v) is 4.51. The minimum atomic E-state index is 0.128. The van der Waals surface area contributed by atoms with Crippen LogP contribution >= 0.6 is 22.9 Å². The highest BCUT2D eigenvalue weighted by Gasteiger charge is 2.09. The van der Waals surface area contributed by atoms with Crippen molar-refractivity contribution < 1.29 is 9.84 Å². The fourth-order valence-electron chi connectivity index (χ4n) is 2.16. The molecule has 0 aliphatic rings. The van der Waals surface area contributed by atoms with Gasteiger partial charge < -0.3 is 20.1 Å². The van der Waals surface area contributed by atoms with Crippen LogP contribution in [0.25, 0.3) is 0 Å². The summed E-state index contributed by atoms with van der Waals surface area (Å²) in [6.45, 7) is 1.28. The van der Waals surface area contributed by atoms with Gasteiger partial charge in [0.15, 0.2) is 17.5 Å². The first-order valence-corrected chi connectivity index (χ1v) is 8.24. The molecule has 1 aromatic heterocycles. The Bertz CT molecular complexity index is 688. The van der Waals surface area contributed by atoms with Crippen molar-refractivity contribution in [2.24, 2.45) is 4.99 Å². The molecule has 0 spiro atoms. The van der Waals surface area contributed by atoms with Gasteiger partial charge in [-0.25, -0.2) is 0 Å². The van der Waals surface area contributed by atoms with E-state index in [1.165, 1.54) is 12.0 Å². The van der Waals surface area contributed by atoms with Crippen molar-refractivity contribution in [1.29, 1.82) is 0 Å². The summed E-state index contributed by atoms with van der Waals surface area (Å²) in [6, 6.07) is 9.23. The Balaban J connectivity index is 1.95. The number of methoxy groups -OCH3 is 1. The van der Waals surface area contributed by atoms with Crippen LogP contribution in [0.15, 0.2) is 35.3 Å². The summed E-state index contributed by atoms with van der Waals surface area (Å²) in [5, 5.41) is 13.1. The number of nitrogens with one attached hydrogen (secondary N) is 1. The number of aromatic hydroxyl groups is 1. The Morgan fingerprint density at radius 2 is 2.17 bits per heavy atom. The van der Waals surface area contributed by atoms with Crippen LogP contribution in [-0.4, -0.2) is 37.2 Å². The fraction of sp³-hybridized carbons (Fsp3) is 0.312. The third kappa shape index (κ3) is 4.77. The highest BCUT2D eigenvalue weighted by atomic mass is 35.5. The first kappa shape index (κ1) is 17.4. The number of thiophene rings is 1. The van der Waals surface area contributed by atoms with E-state index in [2.05, 4.69) is 10.3 Å². The fourth-order valence-corrected chi connectivity index (χ4v) is 3.30. The maximum absolute atomic E-state index is 9.82. The molecule has 2 N–H and O–H groups in total. The Morgan fingerprint density at radius 1 is 1.39 bits per heavy atom. The van der Waals surface area contributed by atoms with Crippen molar-refractivity contribution in [3.05, 3.63) is 45.1 Å². The number of hydrogen-bond acceptors (Lipinski definition) is 4. The van der Waals surface area contributed by atoms with Crippen LogP contribution in [0.4, 0.5) is 0 Å². The van der Waals surface area contributed by atoms with Crippen LogP contribution in [0.3, 0.4) is 0 Å². The summed E-state index contributed by atoms with van der Waals surface area (Å²) < 4.78 is 5.82. The molecule has 23 heavy (non-hydrogen) atoms. The second kappa shape index (κ2) is 8.08. The van der Waals surface area contributed by atoms with E-state index in [1.54, 1.807) is 30.5 Å².